The minimum absolute atomic E-state index is 0.392. The Morgan fingerprint density at radius 1 is 1.10 bits per heavy atom. The first-order chi connectivity index (χ1) is 10.3. The highest BCUT2D eigenvalue weighted by atomic mass is 16.2. The lowest BCUT2D eigenvalue weighted by Crippen LogP contribution is -2.39. The lowest BCUT2D eigenvalue weighted by molar-refractivity contribution is -0.133. The van der Waals surface area contributed by atoms with E-state index in [0.29, 0.717) is 11.8 Å². The molecule has 4 nitrogen and oxygen atoms in total. The molecule has 0 unspecified atom stereocenters. The molecule has 1 aliphatic heterocycles. The molecular formula is C17H27N3O. The van der Waals surface area contributed by atoms with Gasteiger partial charge in [-0.3, -0.25) is 4.79 Å². The van der Waals surface area contributed by atoms with E-state index in [-0.39, 0.29) is 0 Å². The van der Waals surface area contributed by atoms with E-state index in [4.69, 9.17) is 0 Å². The van der Waals surface area contributed by atoms with Crippen molar-refractivity contribution in [3.8, 4) is 0 Å². The minimum atomic E-state index is 0.392. The van der Waals surface area contributed by atoms with Gasteiger partial charge in [-0.15, -0.1) is 0 Å². The molecule has 1 aliphatic carbocycles. The van der Waals surface area contributed by atoms with Gasteiger partial charge in [0.05, 0.1) is 6.33 Å². The smallest absolute Gasteiger partial charge is 0.222 e. The van der Waals surface area contributed by atoms with Gasteiger partial charge in [-0.1, -0.05) is 25.7 Å². The molecule has 2 heterocycles. The van der Waals surface area contributed by atoms with Gasteiger partial charge in [0.1, 0.15) is 0 Å². The van der Waals surface area contributed by atoms with Crippen molar-refractivity contribution in [1.82, 2.24) is 14.5 Å². The fourth-order valence-electron chi connectivity index (χ4n) is 3.84. The molecule has 0 atom stereocenters. The maximum atomic E-state index is 12.3. The third-order valence-electron chi connectivity index (χ3n) is 5.24. The van der Waals surface area contributed by atoms with E-state index in [2.05, 4.69) is 14.5 Å². The Hall–Kier alpha value is -1.32. The SMILES string of the molecule is O=C(CCC1CCCC1)N1CCC(Cn2ccnc2)CC1. The molecule has 2 aliphatic rings. The number of amides is 1. The van der Waals surface area contributed by atoms with Gasteiger partial charge in [0.25, 0.3) is 0 Å². The van der Waals surface area contributed by atoms with Crippen molar-refractivity contribution in [2.45, 2.75) is 57.9 Å². The Morgan fingerprint density at radius 3 is 2.52 bits per heavy atom. The summed E-state index contributed by atoms with van der Waals surface area (Å²) < 4.78 is 2.16. The maximum Gasteiger partial charge on any atom is 0.222 e. The Bertz CT molecular complexity index is 429. The number of carbonyl (C=O) groups is 1. The molecule has 1 aromatic rings. The quantitative estimate of drug-likeness (QED) is 0.835. The highest BCUT2D eigenvalue weighted by Gasteiger charge is 2.24. The van der Waals surface area contributed by atoms with Gasteiger partial charge in [0.15, 0.2) is 0 Å². The van der Waals surface area contributed by atoms with E-state index in [0.717, 1.165) is 51.2 Å². The van der Waals surface area contributed by atoms with E-state index in [1.165, 1.54) is 25.7 Å². The first kappa shape index (κ1) is 14.6. The monoisotopic (exact) mass is 289 g/mol. The van der Waals surface area contributed by atoms with Crippen molar-refractivity contribution < 1.29 is 4.79 Å². The highest BCUT2D eigenvalue weighted by Crippen LogP contribution is 2.29. The van der Waals surface area contributed by atoms with Gasteiger partial charge in [-0.25, -0.2) is 4.98 Å². The average Bonchev–Trinajstić information content (AvgIpc) is 3.19. The van der Waals surface area contributed by atoms with Crippen molar-refractivity contribution in [1.29, 1.82) is 0 Å². The summed E-state index contributed by atoms with van der Waals surface area (Å²) in [5.74, 6) is 1.91. The number of imidazole rings is 1. The second-order valence-electron chi connectivity index (χ2n) is 6.77. The molecule has 116 valence electrons. The normalized spacial score (nSPS) is 21.0. The summed E-state index contributed by atoms with van der Waals surface area (Å²) in [7, 11) is 0. The van der Waals surface area contributed by atoms with Gasteiger partial charge >= 0.3 is 0 Å². The van der Waals surface area contributed by atoms with Crippen LogP contribution in [0.25, 0.3) is 0 Å². The molecule has 1 saturated carbocycles. The van der Waals surface area contributed by atoms with Gasteiger partial charge < -0.3 is 9.47 Å². The number of carbonyl (C=O) groups excluding carboxylic acids is 1. The number of likely N-dealkylation sites (tertiary alicyclic amines) is 1. The topological polar surface area (TPSA) is 38.1 Å². The van der Waals surface area contributed by atoms with E-state index in [1.807, 2.05) is 18.7 Å². The zero-order valence-electron chi connectivity index (χ0n) is 12.9. The predicted octanol–water partition coefficient (Wildman–Crippen LogP) is 3.09. The molecule has 1 amide bonds. The van der Waals surface area contributed by atoms with E-state index in [9.17, 15) is 4.79 Å². The third kappa shape index (κ3) is 4.08. The van der Waals surface area contributed by atoms with Gasteiger partial charge in [0.2, 0.25) is 5.91 Å². The number of rotatable bonds is 5. The number of nitrogens with zero attached hydrogens (tertiary/aromatic N) is 3. The Balaban J connectivity index is 1.37. The summed E-state index contributed by atoms with van der Waals surface area (Å²) in [4.78, 5) is 18.5. The number of piperidine rings is 1. The lowest BCUT2D eigenvalue weighted by Gasteiger charge is -2.32. The Kier molecular flexibility index (Phi) is 4.94. The molecule has 21 heavy (non-hydrogen) atoms. The van der Waals surface area contributed by atoms with Crippen LogP contribution in [0.5, 0.6) is 0 Å². The molecule has 3 rings (SSSR count). The first-order valence-corrected chi connectivity index (χ1v) is 8.55. The molecule has 4 heteroatoms. The Morgan fingerprint density at radius 2 is 1.86 bits per heavy atom. The number of hydrogen-bond acceptors (Lipinski definition) is 2. The standard InChI is InChI=1S/C17H27N3O/c21-17(6-5-15-3-1-2-4-15)20-10-7-16(8-11-20)13-19-12-9-18-14-19/h9,12,14-16H,1-8,10-11,13H2. The number of hydrogen-bond donors (Lipinski definition) is 0. The van der Waals surface area contributed by atoms with Crippen LogP contribution in [0, 0.1) is 11.8 Å². The molecule has 1 aromatic heterocycles. The summed E-state index contributed by atoms with van der Waals surface area (Å²) >= 11 is 0. The molecule has 2 fully saturated rings. The molecule has 0 bridgehead atoms. The molecule has 0 N–H and O–H groups in total. The van der Waals surface area contributed by atoms with Crippen molar-refractivity contribution >= 4 is 5.91 Å². The van der Waals surface area contributed by atoms with Crippen LogP contribution in [0.3, 0.4) is 0 Å². The minimum Gasteiger partial charge on any atom is -0.343 e. The summed E-state index contributed by atoms with van der Waals surface area (Å²) in [6.45, 7) is 2.94. The molecule has 0 aromatic carbocycles. The fourth-order valence-corrected chi connectivity index (χ4v) is 3.84. The highest BCUT2D eigenvalue weighted by molar-refractivity contribution is 5.76. The molecular weight excluding hydrogens is 262 g/mol. The zero-order valence-corrected chi connectivity index (χ0v) is 12.9. The average molecular weight is 289 g/mol. The predicted molar refractivity (Wildman–Crippen MR) is 82.7 cm³/mol. The van der Waals surface area contributed by atoms with Crippen LogP contribution in [0.4, 0.5) is 0 Å². The summed E-state index contributed by atoms with van der Waals surface area (Å²) in [6.07, 6.45) is 15.4. The fraction of sp³-hybridized carbons (Fsp3) is 0.765. The van der Waals surface area contributed by atoms with Crippen LogP contribution in [0.15, 0.2) is 18.7 Å². The van der Waals surface area contributed by atoms with Crippen LogP contribution >= 0.6 is 0 Å². The van der Waals surface area contributed by atoms with Crippen LogP contribution in [0.2, 0.25) is 0 Å². The van der Waals surface area contributed by atoms with Gasteiger partial charge in [-0.2, -0.15) is 0 Å². The van der Waals surface area contributed by atoms with Crippen molar-refractivity contribution in [3.63, 3.8) is 0 Å². The van der Waals surface area contributed by atoms with Crippen molar-refractivity contribution in [2.75, 3.05) is 13.1 Å². The lowest BCUT2D eigenvalue weighted by atomic mass is 9.95. The van der Waals surface area contributed by atoms with E-state index >= 15 is 0 Å². The number of aromatic nitrogens is 2. The van der Waals surface area contributed by atoms with E-state index in [1.54, 1.807) is 0 Å². The molecule has 0 radical (unpaired) electrons. The van der Waals surface area contributed by atoms with Gasteiger partial charge in [0, 0.05) is 38.4 Å². The van der Waals surface area contributed by atoms with Crippen molar-refractivity contribution in [3.05, 3.63) is 18.7 Å². The zero-order chi connectivity index (χ0) is 14.5. The maximum absolute atomic E-state index is 12.3. The van der Waals surface area contributed by atoms with Gasteiger partial charge in [-0.05, 0) is 31.1 Å². The summed E-state index contributed by atoms with van der Waals surface area (Å²) in [5.41, 5.74) is 0. The second kappa shape index (κ2) is 7.10. The van der Waals surface area contributed by atoms with Crippen LogP contribution in [0.1, 0.15) is 51.4 Å². The largest absolute Gasteiger partial charge is 0.343 e. The second-order valence-corrected chi connectivity index (χ2v) is 6.77. The summed E-state index contributed by atoms with van der Waals surface area (Å²) in [6, 6.07) is 0. The summed E-state index contributed by atoms with van der Waals surface area (Å²) in [5, 5.41) is 0. The Labute approximate surface area is 127 Å². The first-order valence-electron chi connectivity index (χ1n) is 8.55. The molecule has 0 spiro atoms. The van der Waals surface area contributed by atoms with Crippen molar-refractivity contribution in [2.24, 2.45) is 11.8 Å². The van der Waals surface area contributed by atoms with Crippen LogP contribution in [-0.4, -0.2) is 33.4 Å². The molecule has 1 saturated heterocycles. The third-order valence-corrected chi connectivity index (χ3v) is 5.24. The van der Waals surface area contributed by atoms with Crippen LogP contribution < -0.4 is 0 Å². The van der Waals surface area contributed by atoms with E-state index < -0.39 is 0 Å². The van der Waals surface area contributed by atoms with Crippen LogP contribution in [-0.2, 0) is 11.3 Å².